The highest BCUT2D eigenvalue weighted by Gasteiger charge is 2.20. The molecule has 7 heteroatoms. The zero-order chi connectivity index (χ0) is 13.9. The Kier molecular flexibility index (Phi) is 3.41. The molecule has 0 aliphatic carbocycles. The highest BCUT2D eigenvalue weighted by Crippen LogP contribution is 2.21. The number of aromatic nitrogens is 3. The van der Waals surface area contributed by atoms with E-state index in [2.05, 4.69) is 20.6 Å². The summed E-state index contributed by atoms with van der Waals surface area (Å²) in [6.07, 6.45) is 6.45. The number of carbonyl (C=O) groups excluding carboxylic acids is 1. The van der Waals surface area contributed by atoms with Gasteiger partial charge >= 0.3 is 0 Å². The lowest BCUT2D eigenvalue weighted by Crippen LogP contribution is -2.34. The largest absolute Gasteiger partial charge is 0.369 e. The summed E-state index contributed by atoms with van der Waals surface area (Å²) in [4.78, 5) is 22.7. The number of carbonyl (C=O) groups is 1. The molecule has 106 valence electrons. The molecule has 0 aromatic carbocycles. The van der Waals surface area contributed by atoms with Crippen LogP contribution in [0.25, 0.3) is 5.65 Å². The number of nitrogens with zero attached hydrogens (tertiary/aromatic N) is 4. The number of imidazole rings is 1. The van der Waals surface area contributed by atoms with Gasteiger partial charge in [-0.15, -0.1) is 0 Å². The first-order valence-corrected chi connectivity index (χ1v) is 6.87. The summed E-state index contributed by atoms with van der Waals surface area (Å²) in [6, 6.07) is 0. The Hall–Kier alpha value is -2.31. The summed E-state index contributed by atoms with van der Waals surface area (Å²) in [5.74, 6) is 1.58. The predicted octanol–water partition coefficient (Wildman–Crippen LogP) is 0.487. The van der Waals surface area contributed by atoms with Gasteiger partial charge in [0, 0.05) is 32.0 Å². The number of amides is 1. The van der Waals surface area contributed by atoms with Gasteiger partial charge in [-0.1, -0.05) is 0 Å². The summed E-state index contributed by atoms with van der Waals surface area (Å²) >= 11 is 0. The third-order valence-corrected chi connectivity index (χ3v) is 3.28. The van der Waals surface area contributed by atoms with Crippen LogP contribution in [0, 0.1) is 0 Å². The zero-order valence-corrected chi connectivity index (χ0v) is 11.5. The summed E-state index contributed by atoms with van der Waals surface area (Å²) in [7, 11) is 0. The van der Waals surface area contributed by atoms with E-state index in [-0.39, 0.29) is 5.91 Å². The maximum atomic E-state index is 11.7. The molecule has 1 aliphatic heterocycles. The third kappa shape index (κ3) is 2.38. The molecule has 2 N–H and O–H groups in total. The Morgan fingerprint density at radius 1 is 1.50 bits per heavy atom. The van der Waals surface area contributed by atoms with E-state index >= 15 is 0 Å². The maximum Gasteiger partial charge on any atom is 0.239 e. The fourth-order valence-corrected chi connectivity index (χ4v) is 2.38. The molecule has 0 radical (unpaired) electrons. The number of hydrogen-bond donors (Lipinski definition) is 2. The Bertz CT molecular complexity index is 622. The van der Waals surface area contributed by atoms with Crippen LogP contribution < -0.4 is 15.5 Å². The normalized spacial score (nSPS) is 16.1. The van der Waals surface area contributed by atoms with Gasteiger partial charge in [0.15, 0.2) is 11.5 Å². The summed E-state index contributed by atoms with van der Waals surface area (Å²) < 4.78 is 1.93. The van der Waals surface area contributed by atoms with Gasteiger partial charge in [0.25, 0.3) is 0 Å². The van der Waals surface area contributed by atoms with Crippen LogP contribution in [0.4, 0.5) is 11.6 Å². The number of rotatable bonds is 3. The minimum absolute atomic E-state index is 0.0304. The van der Waals surface area contributed by atoms with Gasteiger partial charge < -0.3 is 19.9 Å². The van der Waals surface area contributed by atoms with Crippen LogP contribution in [-0.2, 0) is 4.79 Å². The lowest BCUT2D eigenvalue weighted by molar-refractivity contribution is -0.119. The van der Waals surface area contributed by atoms with Crippen molar-refractivity contribution in [3.63, 3.8) is 0 Å². The van der Waals surface area contributed by atoms with E-state index in [9.17, 15) is 4.79 Å². The fraction of sp³-hybridized carbons (Fsp3) is 0.462. The third-order valence-electron chi connectivity index (χ3n) is 3.28. The molecule has 0 spiro atoms. The van der Waals surface area contributed by atoms with E-state index in [0.29, 0.717) is 13.1 Å². The Balaban J connectivity index is 2.03. The molecule has 1 saturated heterocycles. The minimum atomic E-state index is 0.0304. The van der Waals surface area contributed by atoms with Crippen LogP contribution in [0.15, 0.2) is 18.6 Å². The van der Waals surface area contributed by atoms with Gasteiger partial charge in [-0.2, -0.15) is 0 Å². The second kappa shape index (κ2) is 5.36. The van der Waals surface area contributed by atoms with Crippen LogP contribution in [0.3, 0.4) is 0 Å². The highest BCUT2D eigenvalue weighted by atomic mass is 16.2. The molecule has 0 atom stereocenters. The van der Waals surface area contributed by atoms with Crippen molar-refractivity contribution in [3.05, 3.63) is 18.6 Å². The molecule has 3 rings (SSSR count). The molecule has 1 fully saturated rings. The average molecular weight is 274 g/mol. The molecule has 0 unspecified atom stereocenters. The first-order valence-electron chi connectivity index (χ1n) is 6.87. The monoisotopic (exact) mass is 274 g/mol. The fourth-order valence-electron chi connectivity index (χ4n) is 2.38. The summed E-state index contributed by atoms with van der Waals surface area (Å²) in [5, 5.41) is 6.08. The molecule has 0 bridgehead atoms. The first kappa shape index (κ1) is 12.7. The van der Waals surface area contributed by atoms with Crippen LogP contribution in [0.2, 0.25) is 0 Å². The second-order valence-corrected chi connectivity index (χ2v) is 4.76. The smallest absolute Gasteiger partial charge is 0.239 e. The number of anilines is 2. The van der Waals surface area contributed by atoms with Crippen molar-refractivity contribution in [2.45, 2.75) is 13.3 Å². The molecular formula is C13H18N6O. The molecule has 3 heterocycles. The van der Waals surface area contributed by atoms with Crippen molar-refractivity contribution >= 4 is 23.2 Å². The van der Waals surface area contributed by atoms with Gasteiger partial charge in [0.2, 0.25) is 5.91 Å². The highest BCUT2D eigenvalue weighted by molar-refractivity contribution is 5.83. The van der Waals surface area contributed by atoms with E-state index < -0.39 is 0 Å². The molecular weight excluding hydrogens is 256 g/mol. The summed E-state index contributed by atoms with van der Waals surface area (Å²) in [6.45, 7) is 4.66. The van der Waals surface area contributed by atoms with Crippen LogP contribution in [0.5, 0.6) is 0 Å². The Labute approximate surface area is 117 Å². The maximum absolute atomic E-state index is 11.7. The van der Waals surface area contributed by atoms with Crippen molar-refractivity contribution in [3.8, 4) is 0 Å². The standard InChI is InChI=1S/C13H18N6O/c1-2-14-10-8-19-7-5-16-12(19)13(17-10)18-6-3-4-15-11(20)9-18/h5,7-8,14H,2-4,6,9H2,1H3,(H,15,20). The average Bonchev–Trinajstić information content (AvgIpc) is 2.79. The molecule has 1 aliphatic rings. The molecule has 0 saturated carbocycles. The van der Waals surface area contributed by atoms with Crippen molar-refractivity contribution in [2.75, 3.05) is 36.4 Å². The lowest BCUT2D eigenvalue weighted by atomic mass is 10.4. The van der Waals surface area contributed by atoms with Gasteiger partial charge in [-0.3, -0.25) is 4.79 Å². The number of fused-ring (bicyclic) bond motifs is 1. The number of hydrogen-bond acceptors (Lipinski definition) is 5. The van der Waals surface area contributed by atoms with Crippen molar-refractivity contribution in [2.24, 2.45) is 0 Å². The molecule has 2 aromatic heterocycles. The Morgan fingerprint density at radius 2 is 2.40 bits per heavy atom. The van der Waals surface area contributed by atoms with E-state index in [1.165, 1.54) is 0 Å². The van der Waals surface area contributed by atoms with Gasteiger partial charge in [-0.05, 0) is 13.3 Å². The van der Waals surface area contributed by atoms with Gasteiger partial charge in [0.1, 0.15) is 5.82 Å². The van der Waals surface area contributed by atoms with Crippen molar-refractivity contribution in [1.29, 1.82) is 0 Å². The van der Waals surface area contributed by atoms with E-state index in [1.807, 2.05) is 28.6 Å². The van der Waals surface area contributed by atoms with Gasteiger partial charge in [0.05, 0.1) is 12.7 Å². The SMILES string of the molecule is CCNc1cn2ccnc2c(N2CCCNC(=O)C2)n1. The summed E-state index contributed by atoms with van der Waals surface area (Å²) in [5.41, 5.74) is 0.779. The van der Waals surface area contributed by atoms with E-state index in [1.54, 1.807) is 6.20 Å². The molecule has 2 aromatic rings. The van der Waals surface area contributed by atoms with Crippen LogP contribution >= 0.6 is 0 Å². The lowest BCUT2D eigenvalue weighted by Gasteiger charge is -2.21. The van der Waals surface area contributed by atoms with Gasteiger partial charge in [-0.25, -0.2) is 9.97 Å². The van der Waals surface area contributed by atoms with Crippen molar-refractivity contribution in [1.82, 2.24) is 19.7 Å². The quantitative estimate of drug-likeness (QED) is 0.852. The van der Waals surface area contributed by atoms with Crippen LogP contribution in [0.1, 0.15) is 13.3 Å². The first-order chi connectivity index (χ1) is 9.78. The van der Waals surface area contributed by atoms with E-state index in [0.717, 1.165) is 36.8 Å². The molecule has 1 amide bonds. The topological polar surface area (TPSA) is 74.6 Å². The van der Waals surface area contributed by atoms with Crippen molar-refractivity contribution < 1.29 is 4.79 Å². The molecule has 20 heavy (non-hydrogen) atoms. The predicted molar refractivity (Wildman–Crippen MR) is 77.0 cm³/mol. The van der Waals surface area contributed by atoms with Crippen LogP contribution in [-0.4, -0.2) is 46.5 Å². The second-order valence-electron chi connectivity index (χ2n) is 4.76. The van der Waals surface area contributed by atoms with E-state index in [4.69, 9.17) is 0 Å². The zero-order valence-electron chi connectivity index (χ0n) is 11.5. The Morgan fingerprint density at radius 3 is 3.25 bits per heavy atom. The minimum Gasteiger partial charge on any atom is -0.369 e. The number of nitrogens with one attached hydrogen (secondary N) is 2. The molecule has 7 nitrogen and oxygen atoms in total.